The van der Waals surface area contributed by atoms with Gasteiger partial charge in [-0.2, -0.15) is 10.1 Å². The topological polar surface area (TPSA) is 102 Å². The summed E-state index contributed by atoms with van der Waals surface area (Å²) >= 11 is 0. The minimum atomic E-state index is -0.500. The molecule has 180 valence electrons. The summed E-state index contributed by atoms with van der Waals surface area (Å²) < 4.78 is 12.9. The van der Waals surface area contributed by atoms with E-state index in [9.17, 15) is 9.59 Å². The number of methoxy groups -OCH3 is 1. The highest BCUT2D eigenvalue weighted by Gasteiger charge is 2.40. The van der Waals surface area contributed by atoms with Gasteiger partial charge >= 0.3 is 5.69 Å². The molecule has 9 nitrogen and oxygen atoms in total. The first kappa shape index (κ1) is 21.8. The van der Waals surface area contributed by atoms with Crippen molar-refractivity contribution >= 4 is 21.8 Å². The molecule has 2 aliphatic heterocycles. The van der Waals surface area contributed by atoms with Crippen molar-refractivity contribution in [3.8, 4) is 11.5 Å². The lowest BCUT2D eigenvalue weighted by Crippen LogP contribution is -2.35. The third-order valence-corrected chi connectivity index (χ3v) is 7.32. The average molecular weight is 474 g/mol. The Bertz CT molecular complexity index is 1510. The number of hydrogen-bond acceptors (Lipinski definition) is 7. The molecule has 2 aromatic carbocycles. The van der Waals surface area contributed by atoms with Gasteiger partial charge in [-0.15, -0.1) is 0 Å². The molecular formula is C26H27N5O4. The summed E-state index contributed by atoms with van der Waals surface area (Å²) in [5.74, 6) is 2.67. The molecule has 0 amide bonds. The number of benzene rings is 2. The van der Waals surface area contributed by atoms with Crippen LogP contribution in [0, 0.1) is 5.92 Å². The van der Waals surface area contributed by atoms with Gasteiger partial charge in [0, 0.05) is 48.6 Å². The number of fused-ring (bicyclic) bond motifs is 6. The van der Waals surface area contributed by atoms with Crippen LogP contribution in [0.4, 0.5) is 0 Å². The Kier molecular flexibility index (Phi) is 5.49. The number of ether oxygens (including phenoxy) is 2. The molecule has 35 heavy (non-hydrogen) atoms. The fraction of sp³-hybridized carbons (Fsp3) is 0.385. The Hall–Kier alpha value is -3.72. The van der Waals surface area contributed by atoms with Crippen LogP contribution in [0.3, 0.4) is 0 Å². The fourth-order valence-corrected chi connectivity index (χ4v) is 5.61. The van der Waals surface area contributed by atoms with Crippen LogP contribution in [-0.2, 0) is 6.54 Å². The second kappa shape index (κ2) is 8.81. The Morgan fingerprint density at radius 3 is 2.86 bits per heavy atom. The van der Waals surface area contributed by atoms with Crippen molar-refractivity contribution in [1.29, 1.82) is 0 Å². The molecule has 0 aliphatic carbocycles. The van der Waals surface area contributed by atoms with Gasteiger partial charge in [0.15, 0.2) is 0 Å². The minimum Gasteiger partial charge on any atom is -0.496 e. The van der Waals surface area contributed by atoms with Crippen molar-refractivity contribution in [3.05, 3.63) is 69.0 Å². The molecule has 6 rings (SSSR count). The van der Waals surface area contributed by atoms with Gasteiger partial charge in [0.25, 0.3) is 5.56 Å². The van der Waals surface area contributed by atoms with E-state index in [2.05, 4.69) is 20.1 Å². The molecule has 4 heterocycles. The Morgan fingerprint density at radius 1 is 1.09 bits per heavy atom. The van der Waals surface area contributed by atoms with Crippen molar-refractivity contribution < 1.29 is 9.47 Å². The van der Waals surface area contributed by atoms with E-state index in [1.54, 1.807) is 31.5 Å². The highest BCUT2D eigenvalue weighted by molar-refractivity contribution is 6.02. The van der Waals surface area contributed by atoms with Crippen LogP contribution < -0.4 is 20.7 Å². The fourth-order valence-electron chi connectivity index (χ4n) is 5.61. The zero-order chi connectivity index (χ0) is 23.9. The third kappa shape index (κ3) is 3.76. The van der Waals surface area contributed by atoms with Crippen LogP contribution in [0.1, 0.15) is 24.3 Å². The second-order valence-corrected chi connectivity index (χ2v) is 9.35. The number of hydrogen-bond donors (Lipinski definition) is 1. The van der Waals surface area contributed by atoms with Gasteiger partial charge in [0.1, 0.15) is 11.5 Å². The standard InChI is InChI=1S/C26H27N5O4/c1-34-21-5-4-6-22-23(21)19-14-30(13-16(19)15-35-22)11-2-3-12-31-25(32)18-7-8-20-17(9-10-27-29-20)24(18)28-26(31)33/h4-10,16,19,29H,2-3,11-15H2,1H3/t16-,19-/m1/s1. The van der Waals surface area contributed by atoms with Crippen molar-refractivity contribution in [1.82, 2.24) is 24.6 Å². The van der Waals surface area contributed by atoms with Gasteiger partial charge in [-0.3, -0.25) is 14.5 Å². The normalized spacial score (nSPS) is 19.5. The number of aromatic amines is 1. The van der Waals surface area contributed by atoms with E-state index in [-0.39, 0.29) is 5.56 Å². The zero-order valence-corrected chi connectivity index (χ0v) is 19.6. The Balaban J connectivity index is 1.13. The van der Waals surface area contributed by atoms with E-state index >= 15 is 0 Å². The summed E-state index contributed by atoms with van der Waals surface area (Å²) in [6.45, 7) is 3.94. The maximum absolute atomic E-state index is 13.1. The SMILES string of the molecule is COc1cccc2c1[C@@H]1CN(CCCCn3c(=O)nc4c(ccc5[nH]nccc54)c3=O)C[C@@H]1CO2. The van der Waals surface area contributed by atoms with Crippen molar-refractivity contribution in [2.24, 2.45) is 5.92 Å². The minimum absolute atomic E-state index is 0.285. The van der Waals surface area contributed by atoms with Gasteiger partial charge in [0.05, 0.1) is 30.1 Å². The highest BCUT2D eigenvalue weighted by atomic mass is 16.5. The molecule has 4 aromatic rings. The summed E-state index contributed by atoms with van der Waals surface area (Å²) in [6, 6.07) is 11.3. The predicted octanol–water partition coefficient (Wildman–Crippen LogP) is 2.53. The molecular weight excluding hydrogens is 446 g/mol. The molecule has 0 unspecified atom stereocenters. The number of unbranched alkanes of at least 4 members (excludes halogenated alkanes) is 1. The number of nitrogens with one attached hydrogen (secondary N) is 1. The van der Waals surface area contributed by atoms with Crippen LogP contribution in [0.25, 0.3) is 21.8 Å². The summed E-state index contributed by atoms with van der Waals surface area (Å²) in [5.41, 5.74) is 1.55. The van der Waals surface area contributed by atoms with Crippen molar-refractivity contribution in [3.63, 3.8) is 0 Å². The van der Waals surface area contributed by atoms with E-state index in [4.69, 9.17) is 9.47 Å². The van der Waals surface area contributed by atoms with E-state index in [1.165, 1.54) is 10.1 Å². The molecule has 0 spiro atoms. The molecule has 2 aromatic heterocycles. The summed E-state index contributed by atoms with van der Waals surface area (Å²) in [5, 5.41) is 8.02. The average Bonchev–Trinajstić information content (AvgIpc) is 3.31. The van der Waals surface area contributed by atoms with Gasteiger partial charge in [-0.25, -0.2) is 4.79 Å². The number of likely N-dealkylation sites (tertiary alicyclic amines) is 1. The maximum Gasteiger partial charge on any atom is 0.351 e. The molecule has 0 radical (unpaired) electrons. The smallest absolute Gasteiger partial charge is 0.351 e. The summed E-state index contributed by atoms with van der Waals surface area (Å²) in [6.07, 6.45) is 3.21. The highest BCUT2D eigenvalue weighted by Crippen LogP contribution is 2.46. The molecule has 2 aliphatic rings. The summed E-state index contributed by atoms with van der Waals surface area (Å²) in [4.78, 5) is 32.4. The van der Waals surface area contributed by atoms with Crippen LogP contribution in [-0.4, -0.2) is 58.0 Å². The lowest BCUT2D eigenvalue weighted by molar-refractivity contribution is 0.209. The van der Waals surface area contributed by atoms with Gasteiger partial charge in [0.2, 0.25) is 0 Å². The van der Waals surface area contributed by atoms with E-state index < -0.39 is 5.69 Å². The lowest BCUT2D eigenvalue weighted by atomic mass is 9.86. The predicted molar refractivity (Wildman–Crippen MR) is 132 cm³/mol. The second-order valence-electron chi connectivity index (χ2n) is 9.35. The van der Waals surface area contributed by atoms with Crippen LogP contribution in [0.15, 0.2) is 52.2 Å². The number of H-pyrrole nitrogens is 1. The van der Waals surface area contributed by atoms with Crippen LogP contribution in [0.5, 0.6) is 11.5 Å². The summed E-state index contributed by atoms with van der Waals surface area (Å²) in [7, 11) is 1.71. The van der Waals surface area contributed by atoms with E-state index in [1.807, 2.05) is 18.2 Å². The van der Waals surface area contributed by atoms with E-state index in [0.29, 0.717) is 29.3 Å². The Labute approximate surface area is 201 Å². The zero-order valence-electron chi connectivity index (χ0n) is 19.6. The first-order valence-corrected chi connectivity index (χ1v) is 12.0. The molecule has 1 N–H and O–H groups in total. The maximum atomic E-state index is 13.1. The first-order valence-electron chi connectivity index (χ1n) is 12.0. The van der Waals surface area contributed by atoms with Crippen molar-refractivity contribution in [2.75, 3.05) is 33.4 Å². The molecule has 0 saturated carbocycles. The first-order chi connectivity index (χ1) is 17.1. The lowest BCUT2D eigenvalue weighted by Gasteiger charge is -2.29. The number of rotatable bonds is 6. The largest absolute Gasteiger partial charge is 0.496 e. The molecule has 1 saturated heterocycles. The van der Waals surface area contributed by atoms with Crippen molar-refractivity contribution in [2.45, 2.75) is 25.3 Å². The molecule has 9 heteroatoms. The van der Waals surface area contributed by atoms with Crippen LogP contribution in [0.2, 0.25) is 0 Å². The molecule has 0 bridgehead atoms. The molecule has 1 fully saturated rings. The van der Waals surface area contributed by atoms with Crippen LogP contribution >= 0.6 is 0 Å². The van der Waals surface area contributed by atoms with Gasteiger partial charge < -0.3 is 14.4 Å². The third-order valence-electron chi connectivity index (χ3n) is 7.32. The Morgan fingerprint density at radius 2 is 1.97 bits per heavy atom. The number of aromatic nitrogens is 4. The van der Waals surface area contributed by atoms with Gasteiger partial charge in [-0.1, -0.05) is 6.07 Å². The quantitative estimate of drug-likeness (QED) is 0.339. The van der Waals surface area contributed by atoms with E-state index in [0.717, 1.165) is 61.5 Å². The molecule has 2 atom stereocenters. The number of nitrogens with zero attached hydrogens (tertiary/aromatic N) is 4. The van der Waals surface area contributed by atoms with Gasteiger partial charge in [-0.05, 0) is 49.7 Å². The monoisotopic (exact) mass is 473 g/mol.